The van der Waals surface area contributed by atoms with Crippen LogP contribution in [0.25, 0.3) is 6.08 Å². The van der Waals surface area contributed by atoms with E-state index in [0.717, 1.165) is 0 Å². The normalized spacial score (nSPS) is 10.7. The summed E-state index contributed by atoms with van der Waals surface area (Å²) < 4.78 is 10.4. The minimum Gasteiger partial charge on any atom is -0.493 e. The van der Waals surface area contributed by atoms with Crippen molar-refractivity contribution < 1.29 is 19.1 Å². The standard InChI is InChI=1S/C19H15Cl2N3O4/c1-27-16-8-11(7-15(21)18(16)28-10-17(23)25)6-12(9-22)19(26)24-14-4-2-13(20)3-5-14/h2-8H,10H2,1H3,(H2,23,25)(H,24,26)/b12-6+. The molecular formula is C19H15Cl2N3O4. The van der Waals surface area contributed by atoms with Gasteiger partial charge < -0.3 is 20.5 Å². The summed E-state index contributed by atoms with van der Waals surface area (Å²) in [6.45, 7) is -0.377. The van der Waals surface area contributed by atoms with Crippen LogP contribution in [0.5, 0.6) is 11.5 Å². The number of nitriles is 1. The number of hydrogen-bond acceptors (Lipinski definition) is 5. The zero-order valence-corrected chi connectivity index (χ0v) is 16.2. The minimum atomic E-state index is -0.673. The highest BCUT2D eigenvalue weighted by atomic mass is 35.5. The van der Waals surface area contributed by atoms with Crippen LogP contribution in [0.3, 0.4) is 0 Å². The second-order valence-corrected chi connectivity index (χ2v) is 6.26. The van der Waals surface area contributed by atoms with Gasteiger partial charge in [0.05, 0.1) is 12.1 Å². The molecule has 28 heavy (non-hydrogen) atoms. The predicted molar refractivity (Wildman–Crippen MR) is 106 cm³/mol. The summed E-state index contributed by atoms with van der Waals surface area (Å²) in [5, 5.41) is 12.6. The Morgan fingerprint density at radius 3 is 2.50 bits per heavy atom. The Morgan fingerprint density at radius 2 is 1.93 bits per heavy atom. The lowest BCUT2D eigenvalue weighted by Crippen LogP contribution is -2.20. The van der Waals surface area contributed by atoms with Gasteiger partial charge in [-0.05, 0) is 48.0 Å². The van der Waals surface area contributed by atoms with E-state index in [0.29, 0.717) is 16.3 Å². The molecule has 0 heterocycles. The van der Waals surface area contributed by atoms with Crippen LogP contribution in [0.2, 0.25) is 10.0 Å². The molecule has 0 unspecified atom stereocenters. The number of methoxy groups -OCH3 is 1. The van der Waals surface area contributed by atoms with Gasteiger partial charge in [-0.15, -0.1) is 0 Å². The van der Waals surface area contributed by atoms with Crippen molar-refractivity contribution in [2.45, 2.75) is 0 Å². The van der Waals surface area contributed by atoms with E-state index < -0.39 is 11.8 Å². The second kappa shape index (κ2) is 9.65. The second-order valence-electron chi connectivity index (χ2n) is 5.42. The summed E-state index contributed by atoms with van der Waals surface area (Å²) in [5.74, 6) is -0.929. The predicted octanol–water partition coefficient (Wildman–Crippen LogP) is 3.41. The number of rotatable bonds is 7. The molecule has 2 aromatic rings. The molecule has 7 nitrogen and oxygen atoms in total. The van der Waals surface area contributed by atoms with E-state index in [1.165, 1.54) is 25.3 Å². The monoisotopic (exact) mass is 419 g/mol. The Kier molecular flexibility index (Phi) is 7.27. The van der Waals surface area contributed by atoms with Crippen molar-refractivity contribution in [3.63, 3.8) is 0 Å². The molecule has 0 saturated carbocycles. The average Bonchev–Trinajstić information content (AvgIpc) is 2.66. The lowest BCUT2D eigenvalue weighted by atomic mass is 10.1. The number of carbonyl (C=O) groups is 2. The lowest BCUT2D eigenvalue weighted by molar-refractivity contribution is -0.120. The first-order valence-corrected chi connectivity index (χ1v) is 8.57. The van der Waals surface area contributed by atoms with Gasteiger partial charge in [-0.2, -0.15) is 5.26 Å². The first-order valence-electron chi connectivity index (χ1n) is 7.81. The summed E-state index contributed by atoms with van der Waals surface area (Å²) in [4.78, 5) is 23.2. The maximum absolute atomic E-state index is 12.3. The van der Waals surface area contributed by atoms with Gasteiger partial charge in [-0.3, -0.25) is 9.59 Å². The number of nitrogens with two attached hydrogens (primary N) is 1. The van der Waals surface area contributed by atoms with Gasteiger partial charge in [0, 0.05) is 10.7 Å². The van der Waals surface area contributed by atoms with Crippen molar-refractivity contribution in [1.82, 2.24) is 0 Å². The lowest BCUT2D eigenvalue weighted by Gasteiger charge is -2.12. The van der Waals surface area contributed by atoms with Crippen molar-refractivity contribution in [3.05, 3.63) is 57.6 Å². The average molecular weight is 420 g/mol. The highest BCUT2D eigenvalue weighted by Crippen LogP contribution is 2.37. The van der Waals surface area contributed by atoms with E-state index in [4.69, 9.17) is 38.4 Å². The third kappa shape index (κ3) is 5.64. The third-order valence-electron chi connectivity index (χ3n) is 3.39. The van der Waals surface area contributed by atoms with E-state index in [1.807, 2.05) is 6.07 Å². The Morgan fingerprint density at radius 1 is 1.25 bits per heavy atom. The van der Waals surface area contributed by atoms with Crippen LogP contribution in [0.1, 0.15) is 5.56 Å². The number of hydrogen-bond donors (Lipinski definition) is 2. The Labute approximate surface area is 171 Å². The van der Waals surface area contributed by atoms with Gasteiger partial charge in [0.15, 0.2) is 18.1 Å². The number of amides is 2. The maximum Gasteiger partial charge on any atom is 0.266 e. The van der Waals surface area contributed by atoms with Crippen molar-refractivity contribution in [1.29, 1.82) is 5.26 Å². The molecular weight excluding hydrogens is 405 g/mol. The number of benzene rings is 2. The largest absolute Gasteiger partial charge is 0.493 e. The molecule has 144 valence electrons. The van der Waals surface area contributed by atoms with E-state index in [1.54, 1.807) is 24.3 Å². The smallest absolute Gasteiger partial charge is 0.266 e. The molecule has 2 aromatic carbocycles. The minimum absolute atomic E-state index is 0.127. The maximum atomic E-state index is 12.3. The fraction of sp³-hybridized carbons (Fsp3) is 0.105. The van der Waals surface area contributed by atoms with Crippen LogP contribution in [-0.2, 0) is 9.59 Å². The fourth-order valence-electron chi connectivity index (χ4n) is 2.15. The molecule has 0 spiro atoms. The van der Waals surface area contributed by atoms with Crippen LogP contribution >= 0.6 is 23.2 Å². The third-order valence-corrected chi connectivity index (χ3v) is 3.92. The topological polar surface area (TPSA) is 114 Å². The van der Waals surface area contributed by atoms with E-state index in [2.05, 4.69) is 5.32 Å². The van der Waals surface area contributed by atoms with Crippen molar-refractivity contribution in [3.8, 4) is 17.6 Å². The molecule has 0 saturated heterocycles. The van der Waals surface area contributed by atoms with Crippen LogP contribution in [0, 0.1) is 11.3 Å². The van der Waals surface area contributed by atoms with Gasteiger partial charge in [0.25, 0.3) is 11.8 Å². The molecule has 0 bridgehead atoms. The van der Waals surface area contributed by atoms with E-state index in [9.17, 15) is 14.9 Å². The molecule has 2 amide bonds. The highest BCUT2D eigenvalue weighted by molar-refractivity contribution is 6.32. The summed E-state index contributed by atoms with van der Waals surface area (Å²) in [6, 6.07) is 11.3. The summed E-state index contributed by atoms with van der Waals surface area (Å²) >= 11 is 12.0. The van der Waals surface area contributed by atoms with E-state index in [-0.39, 0.29) is 28.7 Å². The zero-order valence-electron chi connectivity index (χ0n) is 14.7. The van der Waals surface area contributed by atoms with Gasteiger partial charge in [0.2, 0.25) is 0 Å². The van der Waals surface area contributed by atoms with E-state index >= 15 is 0 Å². The summed E-state index contributed by atoms with van der Waals surface area (Å²) in [5.41, 5.74) is 5.82. The molecule has 0 aliphatic heterocycles. The zero-order chi connectivity index (χ0) is 20.7. The number of ether oxygens (including phenoxy) is 2. The number of nitrogens with zero attached hydrogens (tertiary/aromatic N) is 1. The SMILES string of the molecule is COc1cc(/C=C(\C#N)C(=O)Nc2ccc(Cl)cc2)cc(Cl)c1OCC(N)=O. The molecule has 9 heteroatoms. The number of anilines is 1. The first-order chi connectivity index (χ1) is 13.3. The van der Waals surface area contributed by atoms with Crippen molar-refractivity contribution >= 4 is 46.8 Å². The van der Waals surface area contributed by atoms with Gasteiger partial charge >= 0.3 is 0 Å². The first kappa shape index (κ1) is 21.1. The van der Waals surface area contributed by atoms with Gasteiger partial charge in [-0.1, -0.05) is 23.2 Å². The van der Waals surface area contributed by atoms with Gasteiger partial charge in [0.1, 0.15) is 11.6 Å². The molecule has 0 aliphatic carbocycles. The summed E-state index contributed by atoms with van der Waals surface area (Å²) in [6.07, 6.45) is 1.34. The molecule has 2 rings (SSSR count). The Balaban J connectivity index is 2.28. The molecule has 0 aromatic heterocycles. The summed E-state index contributed by atoms with van der Waals surface area (Å²) in [7, 11) is 1.38. The molecule has 0 radical (unpaired) electrons. The van der Waals surface area contributed by atoms with Crippen LogP contribution in [-0.4, -0.2) is 25.5 Å². The highest BCUT2D eigenvalue weighted by Gasteiger charge is 2.15. The van der Waals surface area contributed by atoms with Crippen LogP contribution in [0.4, 0.5) is 5.69 Å². The molecule has 0 atom stereocenters. The number of primary amides is 1. The molecule has 0 fully saturated rings. The van der Waals surface area contributed by atoms with Crippen molar-refractivity contribution in [2.75, 3.05) is 19.0 Å². The van der Waals surface area contributed by atoms with Crippen LogP contribution in [0.15, 0.2) is 42.0 Å². The Hall–Kier alpha value is -3.21. The van der Waals surface area contributed by atoms with Gasteiger partial charge in [-0.25, -0.2) is 0 Å². The number of nitrogens with one attached hydrogen (secondary N) is 1. The fourth-order valence-corrected chi connectivity index (χ4v) is 2.55. The number of halogens is 2. The molecule has 0 aliphatic rings. The Bertz CT molecular complexity index is 966. The number of carbonyl (C=O) groups excluding carboxylic acids is 2. The quantitative estimate of drug-likeness (QED) is 0.526. The van der Waals surface area contributed by atoms with Crippen molar-refractivity contribution in [2.24, 2.45) is 5.73 Å². The van der Waals surface area contributed by atoms with Crippen LogP contribution < -0.4 is 20.5 Å². The molecule has 3 N–H and O–H groups in total.